The van der Waals surface area contributed by atoms with E-state index in [0.717, 1.165) is 24.2 Å². The zero-order valence-electron chi connectivity index (χ0n) is 24.3. The first kappa shape index (κ1) is 29.6. The van der Waals surface area contributed by atoms with Gasteiger partial charge in [0.05, 0.1) is 18.5 Å². The molecule has 0 aliphatic carbocycles. The topological polar surface area (TPSA) is 126 Å². The first-order chi connectivity index (χ1) is 17.8. The number of hydrogen-bond donors (Lipinski definition) is 2. The molecule has 4 heterocycles. The molecule has 10 nitrogen and oxygen atoms in total. The molecule has 214 valence electrons. The molecule has 2 aliphatic rings. The number of ether oxygens (including phenoxy) is 1. The van der Waals surface area contributed by atoms with Crippen LogP contribution in [-0.2, 0) is 17.7 Å². The van der Waals surface area contributed by atoms with Crippen molar-refractivity contribution in [1.82, 2.24) is 19.6 Å². The van der Waals surface area contributed by atoms with Gasteiger partial charge in [-0.1, -0.05) is 55.4 Å². The van der Waals surface area contributed by atoms with E-state index in [-0.39, 0.29) is 5.82 Å². The highest BCUT2D eigenvalue weighted by molar-refractivity contribution is 6.81. The minimum absolute atomic E-state index is 0.274. The molecule has 2 fully saturated rings. The molecule has 4 rings (SSSR count). The molecule has 0 radical (unpaired) electrons. The van der Waals surface area contributed by atoms with Crippen molar-refractivity contribution < 1.29 is 22.8 Å². The van der Waals surface area contributed by atoms with Crippen LogP contribution in [0.4, 0.5) is 5.82 Å². The number of anilines is 1. The van der Waals surface area contributed by atoms with Crippen molar-refractivity contribution in [2.24, 2.45) is 23.7 Å². The summed E-state index contributed by atoms with van der Waals surface area (Å²) in [6.07, 6.45) is 0.409. The summed E-state index contributed by atoms with van der Waals surface area (Å²) in [5.41, 5.74) is 7.06. The van der Waals surface area contributed by atoms with Crippen LogP contribution in [0, 0.1) is 23.7 Å². The van der Waals surface area contributed by atoms with E-state index >= 15 is 0 Å². The molecule has 0 aromatic carbocycles. The number of hydrogen-bond acceptors (Lipinski definition) is 9. The number of aromatic nitrogens is 4. The zero-order chi connectivity index (χ0) is 27.8. The molecule has 0 saturated carbocycles. The summed E-state index contributed by atoms with van der Waals surface area (Å²) >= 11 is 0. The Morgan fingerprint density at radius 2 is 1.53 bits per heavy atom. The quantitative estimate of drug-likeness (QED) is 0.424. The molecule has 0 bridgehead atoms. The molecule has 0 amide bonds. The van der Waals surface area contributed by atoms with Gasteiger partial charge in [-0.2, -0.15) is 5.10 Å². The molecule has 12 heteroatoms. The smallest absolute Gasteiger partial charge is 0.330 e. The Balaban J connectivity index is 1.76. The maximum atomic E-state index is 11.7. The molecule has 3 N–H and O–H groups in total. The Kier molecular flexibility index (Phi) is 9.02. The second-order valence-corrected chi connectivity index (χ2v) is 19.5. The van der Waals surface area contributed by atoms with Crippen LogP contribution < -0.4 is 5.73 Å². The van der Waals surface area contributed by atoms with Gasteiger partial charge < -0.3 is 28.5 Å². The van der Waals surface area contributed by atoms with E-state index in [9.17, 15) is 5.11 Å². The molecular formula is C26H47N5O5Si2. The van der Waals surface area contributed by atoms with Gasteiger partial charge in [-0.25, -0.2) is 14.5 Å². The second kappa shape index (κ2) is 11.6. The van der Waals surface area contributed by atoms with Crippen LogP contribution in [-0.4, -0.2) is 66.7 Å². The standard InChI is InChI=1S/C26H47N5O5Si2/c1-16(2)11-37(12-17(3)4)33-10-21-24(35-38(36-37,13-18(5)6)14-19(7)8)22(32)23(34-21)20-9-28-26-25(27)29-15-30-31(20)26/h9,15-19,21-24,32H,10-14H2,1-8H3,(H2,27,29,30)/t21-,22+,23+,24-/m1/s1. The Bertz CT molecular complexity index is 1060. The van der Waals surface area contributed by atoms with E-state index in [1.54, 1.807) is 10.7 Å². The predicted molar refractivity (Wildman–Crippen MR) is 151 cm³/mol. The molecule has 38 heavy (non-hydrogen) atoms. The van der Waals surface area contributed by atoms with Crippen LogP contribution in [0.1, 0.15) is 67.2 Å². The summed E-state index contributed by atoms with van der Waals surface area (Å²) in [7, 11) is -5.50. The third-order valence-electron chi connectivity index (χ3n) is 7.09. The number of fused-ring (bicyclic) bond motifs is 2. The zero-order valence-corrected chi connectivity index (χ0v) is 26.3. The van der Waals surface area contributed by atoms with Crippen molar-refractivity contribution in [2.75, 3.05) is 12.3 Å². The lowest BCUT2D eigenvalue weighted by Crippen LogP contribution is -2.62. The van der Waals surface area contributed by atoms with Crippen molar-refractivity contribution in [2.45, 2.75) is 104 Å². The molecule has 2 aromatic rings. The molecule has 2 saturated heterocycles. The maximum absolute atomic E-state index is 11.7. The summed E-state index contributed by atoms with van der Waals surface area (Å²) in [4.78, 5) is 8.42. The van der Waals surface area contributed by atoms with Gasteiger partial charge in [0, 0.05) is 0 Å². The average molecular weight is 566 g/mol. The SMILES string of the molecule is CC(C)C[Si]1(CC(C)C)OC[C@H]2O[C@@H](c3cnc4c(N)ncnn34)[C@H](O)[C@@H]2O[Si](CC(C)C)(CC(C)C)O1. The highest BCUT2D eigenvalue weighted by atomic mass is 28.5. The first-order valence-electron chi connectivity index (χ1n) is 14.1. The normalized spacial score (nSPS) is 27.4. The van der Waals surface area contributed by atoms with E-state index < -0.39 is 41.5 Å². The third kappa shape index (κ3) is 6.32. The summed E-state index contributed by atoms with van der Waals surface area (Å²) in [5, 5.41) is 16.0. The molecule has 0 unspecified atom stereocenters. The monoisotopic (exact) mass is 565 g/mol. The van der Waals surface area contributed by atoms with Crippen LogP contribution in [0.2, 0.25) is 24.2 Å². The van der Waals surface area contributed by atoms with Gasteiger partial charge in [-0.3, -0.25) is 0 Å². The first-order valence-corrected chi connectivity index (χ1v) is 18.6. The Morgan fingerprint density at radius 1 is 0.947 bits per heavy atom. The molecule has 2 aliphatic heterocycles. The van der Waals surface area contributed by atoms with Gasteiger partial charge in [0.15, 0.2) is 11.5 Å². The van der Waals surface area contributed by atoms with Crippen LogP contribution in [0.3, 0.4) is 0 Å². The fourth-order valence-electron chi connectivity index (χ4n) is 6.22. The van der Waals surface area contributed by atoms with Gasteiger partial charge in [-0.15, -0.1) is 0 Å². The van der Waals surface area contributed by atoms with Gasteiger partial charge in [0.1, 0.15) is 30.7 Å². The number of imidazole rings is 1. The van der Waals surface area contributed by atoms with E-state index in [2.05, 4.69) is 70.5 Å². The van der Waals surface area contributed by atoms with E-state index in [1.165, 1.54) is 6.33 Å². The van der Waals surface area contributed by atoms with Crippen molar-refractivity contribution >= 4 is 28.6 Å². The summed E-state index contributed by atoms with van der Waals surface area (Å²) in [6, 6.07) is 3.51. The number of nitrogen functional groups attached to an aromatic ring is 1. The Labute approximate surface area is 229 Å². The Morgan fingerprint density at radius 3 is 2.11 bits per heavy atom. The van der Waals surface area contributed by atoms with Gasteiger partial charge in [0.2, 0.25) is 0 Å². The summed E-state index contributed by atoms with van der Waals surface area (Å²) < 4.78 is 29.6. The summed E-state index contributed by atoms with van der Waals surface area (Å²) in [6.45, 7) is 18.2. The summed E-state index contributed by atoms with van der Waals surface area (Å²) in [5.74, 6) is 1.92. The lowest BCUT2D eigenvalue weighted by atomic mass is 10.1. The van der Waals surface area contributed by atoms with Crippen LogP contribution in [0.15, 0.2) is 12.5 Å². The fraction of sp³-hybridized carbons (Fsp3) is 0.808. The second-order valence-electron chi connectivity index (χ2n) is 12.9. The minimum atomic E-state index is -2.84. The van der Waals surface area contributed by atoms with Gasteiger partial charge in [0.25, 0.3) is 0 Å². The number of aliphatic hydroxyl groups is 1. The number of aliphatic hydroxyl groups excluding tert-OH is 1. The highest BCUT2D eigenvalue weighted by Gasteiger charge is 2.58. The van der Waals surface area contributed by atoms with E-state index in [4.69, 9.17) is 23.4 Å². The van der Waals surface area contributed by atoms with Crippen LogP contribution in [0.25, 0.3) is 5.65 Å². The molecular weight excluding hydrogens is 518 g/mol. The number of nitrogens with two attached hydrogens (primary N) is 1. The number of rotatable bonds is 9. The molecule has 0 spiro atoms. The van der Waals surface area contributed by atoms with Crippen LogP contribution in [0.5, 0.6) is 0 Å². The lowest BCUT2D eigenvalue weighted by Gasteiger charge is -2.47. The lowest BCUT2D eigenvalue weighted by molar-refractivity contribution is -0.0375. The van der Waals surface area contributed by atoms with Crippen LogP contribution >= 0.6 is 0 Å². The Hall–Kier alpha value is -1.42. The van der Waals surface area contributed by atoms with Gasteiger partial charge in [-0.05, 0) is 47.8 Å². The molecule has 2 aromatic heterocycles. The fourth-order valence-corrected chi connectivity index (χ4v) is 17.7. The minimum Gasteiger partial charge on any atom is -0.414 e. The maximum Gasteiger partial charge on any atom is 0.330 e. The highest BCUT2D eigenvalue weighted by Crippen LogP contribution is 2.44. The average Bonchev–Trinajstić information content (AvgIpc) is 3.31. The van der Waals surface area contributed by atoms with E-state index in [0.29, 0.717) is 41.6 Å². The van der Waals surface area contributed by atoms with Crippen molar-refractivity contribution in [3.05, 3.63) is 18.2 Å². The molecule has 4 atom stereocenters. The van der Waals surface area contributed by atoms with Crippen molar-refractivity contribution in [1.29, 1.82) is 0 Å². The van der Waals surface area contributed by atoms with Crippen molar-refractivity contribution in [3.8, 4) is 0 Å². The van der Waals surface area contributed by atoms with Gasteiger partial charge >= 0.3 is 17.1 Å². The third-order valence-corrected chi connectivity index (χ3v) is 17.2. The number of nitrogens with zero attached hydrogens (tertiary/aromatic N) is 4. The predicted octanol–water partition coefficient (Wildman–Crippen LogP) is 4.45. The van der Waals surface area contributed by atoms with Crippen molar-refractivity contribution in [3.63, 3.8) is 0 Å². The largest absolute Gasteiger partial charge is 0.414 e. The van der Waals surface area contributed by atoms with E-state index in [1.807, 2.05) is 0 Å².